The van der Waals surface area contributed by atoms with Crippen molar-refractivity contribution in [2.75, 3.05) is 0 Å². The van der Waals surface area contributed by atoms with Crippen LogP contribution < -0.4 is 0 Å². The predicted molar refractivity (Wildman–Crippen MR) is 85.3 cm³/mol. The number of hydrogen-bond acceptors (Lipinski definition) is 2. The summed E-state index contributed by atoms with van der Waals surface area (Å²) in [6.45, 7) is 0. The van der Waals surface area contributed by atoms with Crippen LogP contribution >= 0.6 is 39.1 Å². The molecule has 0 unspecified atom stereocenters. The molecule has 0 N–H and O–H groups in total. The smallest absolute Gasteiger partial charge is 0.161 e. The molecule has 2 nitrogen and oxygen atoms in total. The zero-order valence-corrected chi connectivity index (χ0v) is 13.4. The van der Waals surface area contributed by atoms with E-state index in [0.717, 1.165) is 0 Å². The van der Waals surface area contributed by atoms with Crippen molar-refractivity contribution in [3.63, 3.8) is 0 Å². The van der Waals surface area contributed by atoms with Gasteiger partial charge in [-0.3, -0.25) is 0 Å². The standard InChI is InChI=1S/C14H7BrCl2F2N2/c15-8-5-6-10(12(19)7-8)14(17)21-20-13(16)9-3-1-2-4-11(9)18/h1-7H/b20-13-,21-14-. The van der Waals surface area contributed by atoms with E-state index in [2.05, 4.69) is 26.1 Å². The maximum atomic E-state index is 13.7. The van der Waals surface area contributed by atoms with Gasteiger partial charge in [-0.25, -0.2) is 8.78 Å². The molecule has 0 spiro atoms. The highest BCUT2D eigenvalue weighted by atomic mass is 79.9. The van der Waals surface area contributed by atoms with Gasteiger partial charge in [-0.2, -0.15) is 0 Å². The lowest BCUT2D eigenvalue weighted by molar-refractivity contribution is 0.624. The van der Waals surface area contributed by atoms with E-state index in [4.69, 9.17) is 23.2 Å². The lowest BCUT2D eigenvalue weighted by atomic mass is 10.2. The van der Waals surface area contributed by atoms with Crippen LogP contribution in [0.25, 0.3) is 0 Å². The monoisotopic (exact) mass is 390 g/mol. The van der Waals surface area contributed by atoms with Crippen LogP contribution in [-0.2, 0) is 0 Å². The second-order valence-electron chi connectivity index (χ2n) is 3.89. The lowest BCUT2D eigenvalue weighted by Crippen LogP contribution is -1.98. The molecule has 0 saturated heterocycles. The van der Waals surface area contributed by atoms with Gasteiger partial charge in [-0.05, 0) is 30.3 Å². The second-order valence-corrected chi connectivity index (χ2v) is 5.52. The van der Waals surface area contributed by atoms with E-state index < -0.39 is 11.6 Å². The Bertz CT molecular complexity index is 733. The molecule has 108 valence electrons. The first kappa shape index (κ1) is 16.1. The van der Waals surface area contributed by atoms with E-state index in [0.29, 0.717) is 4.47 Å². The molecular weight excluding hydrogens is 385 g/mol. The van der Waals surface area contributed by atoms with Crippen molar-refractivity contribution in [1.29, 1.82) is 0 Å². The molecule has 0 aliphatic rings. The normalized spacial score (nSPS) is 12.6. The molecule has 0 aliphatic heterocycles. The van der Waals surface area contributed by atoms with Crippen molar-refractivity contribution in [1.82, 2.24) is 0 Å². The third-order valence-electron chi connectivity index (χ3n) is 2.48. The summed E-state index contributed by atoms with van der Waals surface area (Å²) in [6.07, 6.45) is 0. The third kappa shape index (κ3) is 4.09. The Hall–Kier alpha value is -1.30. The average molecular weight is 392 g/mol. The maximum Gasteiger partial charge on any atom is 0.161 e. The van der Waals surface area contributed by atoms with Crippen molar-refractivity contribution in [2.45, 2.75) is 0 Å². The van der Waals surface area contributed by atoms with Crippen molar-refractivity contribution in [3.05, 3.63) is 69.7 Å². The van der Waals surface area contributed by atoms with Crippen LogP contribution in [0.15, 0.2) is 57.1 Å². The molecule has 0 aromatic heterocycles. The highest BCUT2D eigenvalue weighted by Gasteiger charge is 2.09. The highest BCUT2D eigenvalue weighted by Crippen LogP contribution is 2.18. The highest BCUT2D eigenvalue weighted by molar-refractivity contribution is 9.10. The summed E-state index contributed by atoms with van der Waals surface area (Å²) in [5.74, 6) is -1.09. The number of nitrogens with zero attached hydrogens (tertiary/aromatic N) is 2. The number of benzene rings is 2. The fraction of sp³-hybridized carbons (Fsp3) is 0. The van der Waals surface area contributed by atoms with Crippen LogP contribution in [0.3, 0.4) is 0 Å². The molecule has 2 aromatic carbocycles. The second kappa shape index (κ2) is 7.11. The quantitative estimate of drug-likeness (QED) is 0.500. The molecule has 0 aliphatic carbocycles. The van der Waals surface area contributed by atoms with Crippen LogP contribution in [0.2, 0.25) is 0 Å². The van der Waals surface area contributed by atoms with Crippen molar-refractivity contribution >= 4 is 49.5 Å². The first-order valence-electron chi connectivity index (χ1n) is 5.66. The van der Waals surface area contributed by atoms with Gasteiger partial charge in [-0.15, -0.1) is 10.2 Å². The van der Waals surface area contributed by atoms with Gasteiger partial charge in [0.1, 0.15) is 11.6 Å². The number of hydrogen-bond donors (Lipinski definition) is 0. The largest absolute Gasteiger partial charge is 0.206 e. The molecule has 2 rings (SSSR count). The predicted octanol–water partition coefficient (Wildman–Crippen LogP) is 5.31. The van der Waals surface area contributed by atoms with Gasteiger partial charge in [0, 0.05) is 15.6 Å². The molecule has 7 heteroatoms. The van der Waals surface area contributed by atoms with E-state index in [-0.39, 0.29) is 21.5 Å². The van der Waals surface area contributed by atoms with Gasteiger partial charge >= 0.3 is 0 Å². The van der Waals surface area contributed by atoms with Crippen molar-refractivity contribution in [2.24, 2.45) is 10.2 Å². The van der Waals surface area contributed by atoms with E-state index in [1.807, 2.05) is 0 Å². The summed E-state index contributed by atoms with van der Waals surface area (Å²) in [5, 5.41) is 6.87. The molecule has 21 heavy (non-hydrogen) atoms. The molecule has 0 atom stereocenters. The zero-order valence-electron chi connectivity index (χ0n) is 10.3. The lowest BCUT2D eigenvalue weighted by Gasteiger charge is -2.01. The maximum absolute atomic E-state index is 13.7. The van der Waals surface area contributed by atoms with E-state index >= 15 is 0 Å². The Kier molecular flexibility index (Phi) is 5.45. The van der Waals surface area contributed by atoms with Crippen molar-refractivity contribution < 1.29 is 8.78 Å². The van der Waals surface area contributed by atoms with Crippen molar-refractivity contribution in [3.8, 4) is 0 Å². The van der Waals surface area contributed by atoms with E-state index in [1.165, 1.54) is 30.3 Å². The van der Waals surface area contributed by atoms with Crippen LogP contribution in [-0.4, -0.2) is 10.3 Å². The third-order valence-corrected chi connectivity index (χ3v) is 3.53. The number of halogens is 5. The Morgan fingerprint density at radius 2 is 1.43 bits per heavy atom. The summed E-state index contributed by atoms with van der Waals surface area (Å²) in [5.41, 5.74) is 0.158. The fourth-order valence-electron chi connectivity index (χ4n) is 1.48. The van der Waals surface area contributed by atoms with Gasteiger partial charge in [-0.1, -0.05) is 51.3 Å². The molecule has 2 aromatic rings. The first-order valence-corrected chi connectivity index (χ1v) is 7.21. The molecule has 0 heterocycles. The van der Waals surface area contributed by atoms with Gasteiger partial charge in [0.05, 0.1) is 0 Å². The molecule has 0 radical (unpaired) electrons. The number of rotatable bonds is 3. The average Bonchev–Trinajstić information content (AvgIpc) is 2.45. The summed E-state index contributed by atoms with van der Waals surface area (Å²) in [7, 11) is 0. The minimum atomic E-state index is -0.560. The Morgan fingerprint density at radius 1 is 0.857 bits per heavy atom. The van der Waals surface area contributed by atoms with E-state index in [9.17, 15) is 8.78 Å². The summed E-state index contributed by atoms with van der Waals surface area (Å²) in [6, 6.07) is 10.1. The molecular formula is C14H7BrCl2F2N2. The summed E-state index contributed by atoms with van der Waals surface area (Å²) in [4.78, 5) is 0. The zero-order chi connectivity index (χ0) is 15.4. The van der Waals surface area contributed by atoms with Gasteiger partial charge < -0.3 is 0 Å². The van der Waals surface area contributed by atoms with Gasteiger partial charge in [0.25, 0.3) is 0 Å². The van der Waals surface area contributed by atoms with Crippen LogP contribution in [0.4, 0.5) is 8.78 Å². The molecule has 0 saturated carbocycles. The fourth-order valence-corrected chi connectivity index (χ4v) is 2.20. The van der Waals surface area contributed by atoms with Gasteiger partial charge in [0.2, 0.25) is 0 Å². The van der Waals surface area contributed by atoms with Crippen LogP contribution in [0.5, 0.6) is 0 Å². The minimum Gasteiger partial charge on any atom is -0.206 e. The van der Waals surface area contributed by atoms with E-state index in [1.54, 1.807) is 12.1 Å². The van der Waals surface area contributed by atoms with Crippen LogP contribution in [0, 0.1) is 11.6 Å². The molecule has 0 bridgehead atoms. The Balaban J connectivity index is 2.31. The molecule has 0 fully saturated rings. The Morgan fingerprint density at radius 3 is 2.00 bits per heavy atom. The molecule has 0 amide bonds. The first-order chi connectivity index (χ1) is 9.99. The van der Waals surface area contributed by atoms with Gasteiger partial charge in [0.15, 0.2) is 10.3 Å². The Labute approximate surface area is 138 Å². The SMILES string of the molecule is Fc1ccccc1/C(Cl)=N/N=C(\Cl)c1ccc(Br)cc1F. The summed E-state index contributed by atoms with van der Waals surface area (Å²) < 4.78 is 27.7. The van der Waals surface area contributed by atoms with Crippen LogP contribution in [0.1, 0.15) is 11.1 Å². The minimum absolute atomic E-state index is 0.0709. The summed E-state index contributed by atoms with van der Waals surface area (Å²) >= 11 is 14.9. The topological polar surface area (TPSA) is 24.7 Å².